The van der Waals surface area contributed by atoms with Crippen LogP contribution < -0.4 is 0 Å². The SMILES string of the molecule is CN1CCC2(CCN2C=O)C1. The maximum Gasteiger partial charge on any atom is 0.210 e. The molecule has 0 aromatic rings. The molecule has 0 radical (unpaired) electrons. The first-order chi connectivity index (χ1) is 5.27. The molecule has 0 N–H and O–H groups in total. The fourth-order valence-electron chi connectivity index (χ4n) is 2.22. The molecule has 1 amide bonds. The summed E-state index contributed by atoms with van der Waals surface area (Å²) in [6.45, 7) is 3.19. The highest BCUT2D eigenvalue weighted by atomic mass is 16.1. The van der Waals surface area contributed by atoms with Crippen molar-refractivity contribution in [2.75, 3.05) is 26.7 Å². The van der Waals surface area contributed by atoms with Gasteiger partial charge in [-0.25, -0.2) is 0 Å². The van der Waals surface area contributed by atoms with E-state index in [0.717, 1.165) is 26.0 Å². The van der Waals surface area contributed by atoms with Crippen LogP contribution in [-0.4, -0.2) is 48.4 Å². The number of hydrogen-bond acceptors (Lipinski definition) is 2. The van der Waals surface area contributed by atoms with Crippen molar-refractivity contribution in [1.82, 2.24) is 9.80 Å². The van der Waals surface area contributed by atoms with Gasteiger partial charge in [0.25, 0.3) is 0 Å². The number of rotatable bonds is 1. The van der Waals surface area contributed by atoms with Gasteiger partial charge >= 0.3 is 0 Å². The minimum atomic E-state index is 0.247. The van der Waals surface area contributed by atoms with E-state index in [0.29, 0.717) is 0 Å². The summed E-state index contributed by atoms with van der Waals surface area (Å²) in [5.41, 5.74) is 0.247. The molecule has 1 atom stereocenters. The molecule has 11 heavy (non-hydrogen) atoms. The van der Waals surface area contributed by atoms with Crippen molar-refractivity contribution in [3.05, 3.63) is 0 Å². The third kappa shape index (κ3) is 0.872. The quantitative estimate of drug-likeness (QED) is 0.493. The van der Waals surface area contributed by atoms with E-state index >= 15 is 0 Å². The predicted molar refractivity (Wildman–Crippen MR) is 42.2 cm³/mol. The molecule has 2 fully saturated rings. The van der Waals surface area contributed by atoms with E-state index in [4.69, 9.17) is 0 Å². The van der Waals surface area contributed by atoms with Gasteiger partial charge in [-0.05, 0) is 19.9 Å². The molecule has 62 valence electrons. The molecule has 0 aliphatic carbocycles. The topological polar surface area (TPSA) is 23.6 Å². The number of hydrogen-bond donors (Lipinski definition) is 0. The van der Waals surface area contributed by atoms with Crippen LogP contribution in [0.2, 0.25) is 0 Å². The fraction of sp³-hybridized carbons (Fsp3) is 0.875. The van der Waals surface area contributed by atoms with Crippen molar-refractivity contribution < 1.29 is 4.79 Å². The number of carbonyl (C=O) groups excluding carboxylic acids is 1. The molecule has 2 aliphatic rings. The Bertz CT molecular complexity index is 183. The summed E-state index contributed by atoms with van der Waals surface area (Å²) in [5, 5.41) is 0. The third-order valence-electron chi connectivity index (χ3n) is 3.08. The molecule has 2 heterocycles. The first-order valence-corrected chi connectivity index (χ1v) is 4.17. The Morgan fingerprint density at radius 3 is 2.45 bits per heavy atom. The van der Waals surface area contributed by atoms with Gasteiger partial charge < -0.3 is 9.80 Å². The fourth-order valence-corrected chi connectivity index (χ4v) is 2.22. The predicted octanol–water partition coefficient (Wildman–Crippen LogP) is -0.0772. The monoisotopic (exact) mass is 154 g/mol. The molecular weight excluding hydrogens is 140 g/mol. The molecule has 2 saturated heterocycles. The van der Waals surface area contributed by atoms with E-state index in [1.165, 1.54) is 12.8 Å². The summed E-state index contributed by atoms with van der Waals surface area (Å²) >= 11 is 0. The second kappa shape index (κ2) is 2.21. The summed E-state index contributed by atoms with van der Waals surface area (Å²) < 4.78 is 0. The summed E-state index contributed by atoms with van der Waals surface area (Å²) in [6.07, 6.45) is 3.38. The average Bonchev–Trinajstić information content (AvgIpc) is 2.33. The van der Waals surface area contributed by atoms with Crippen LogP contribution in [0.3, 0.4) is 0 Å². The van der Waals surface area contributed by atoms with Gasteiger partial charge in [-0.1, -0.05) is 0 Å². The molecule has 3 heteroatoms. The lowest BCUT2D eigenvalue weighted by molar-refractivity contribution is -0.131. The number of likely N-dealkylation sites (tertiary alicyclic amines) is 2. The average molecular weight is 154 g/mol. The Balaban J connectivity index is 2.06. The summed E-state index contributed by atoms with van der Waals surface area (Å²) in [5.74, 6) is 0. The lowest BCUT2D eigenvalue weighted by atomic mass is 9.84. The second-order valence-corrected chi connectivity index (χ2v) is 3.76. The normalized spacial score (nSPS) is 37.7. The second-order valence-electron chi connectivity index (χ2n) is 3.76. The van der Waals surface area contributed by atoms with Gasteiger partial charge in [-0.15, -0.1) is 0 Å². The molecule has 0 aromatic heterocycles. The van der Waals surface area contributed by atoms with Crippen molar-refractivity contribution in [2.45, 2.75) is 18.4 Å². The maximum absolute atomic E-state index is 10.6. The van der Waals surface area contributed by atoms with E-state index in [2.05, 4.69) is 11.9 Å². The zero-order valence-electron chi connectivity index (χ0n) is 6.92. The van der Waals surface area contributed by atoms with Crippen LogP contribution >= 0.6 is 0 Å². The molecular formula is C8H14N2O. The van der Waals surface area contributed by atoms with Gasteiger partial charge in [0.15, 0.2) is 0 Å². The van der Waals surface area contributed by atoms with Gasteiger partial charge in [-0.2, -0.15) is 0 Å². The Kier molecular flexibility index (Phi) is 1.42. The van der Waals surface area contributed by atoms with E-state index < -0.39 is 0 Å². The van der Waals surface area contributed by atoms with E-state index in [1.807, 2.05) is 4.90 Å². The highest BCUT2D eigenvalue weighted by Crippen LogP contribution is 2.36. The third-order valence-corrected chi connectivity index (χ3v) is 3.08. The largest absolute Gasteiger partial charge is 0.338 e. The number of nitrogens with zero attached hydrogens (tertiary/aromatic N) is 2. The zero-order valence-corrected chi connectivity index (χ0v) is 6.92. The van der Waals surface area contributed by atoms with Crippen LogP contribution in [0, 0.1) is 0 Å². The van der Waals surface area contributed by atoms with Crippen LogP contribution in [-0.2, 0) is 4.79 Å². The van der Waals surface area contributed by atoms with Crippen LogP contribution in [0.15, 0.2) is 0 Å². The van der Waals surface area contributed by atoms with Gasteiger partial charge in [-0.3, -0.25) is 4.79 Å². The Hall–Kier alpha value is -0.570. The maximum atomic E-state index is 10.6. The lowest BCUT2D eigenvalue weighted by Crippen LogP contribution is -2.60. The lowest BCUT2D eigenvalue weighted by Gasteiger charge is -2.48. The Morgan fingerprint density at radius 1 is 1.36 bits per heavy atom. The summed E-state index contributed by atoms with van der Waals surface area (Å²) in [4.78, 5) is 14.8. The first-order valence-electron chi connectivity index (χ1n) is 4.17. The molecule has 0 saturated carbocycles. The van der Waals surface area contributed by atoms with E-state index in [9.17, 15) is 4.79 Å². The van der Waals surface area contributed by atoms with Crippen LogP contribution in [0.4, 0.5) is 0 Å². The van der Waals surface area contributed by atoms with Gasteiger partial charge in [0.05, 0.1) is 5.54 Å². The van der Waals surface area contributed by atoms with Crippen molar-refractivity contribution in [1.29, 1.82) is 0 Å². The van der Waals surface area contributed by atoms with E-state index in [-0.39, 0.29) is 5.54 Å². The molecule has 2 rings (SSSR count). The molecule has 3 nitrogen and oxygen atoms in total. The van der Waals surface area contributed by atoms with Gasteiger partial charge in [0.1, 0.15) is 0 Å². The molecule has 0 bridgehead atoms. The summed E-state index contributed by atoms with van der Waals surface area (Å²) in [6, 6.07) is 0. The highest BCUT2D eigenvalue weighted by Gasteiger charge is 2.47. The molecule has 0 aromatic carbocycles. The van der Waals surface area contributed by atoms with Crippen LogP contribution in [0.1, 0.15) is 12.8 Å². The van der Waals surface area contributed by atoms with Crippen molar-refractivity contribution >= 4 is 6.41 Å². The molecule has 2 aliphatic heterocycles. The minimum Gasteiger partial charge on any atom is -0.338 e. The van der Waals surface area contributed by atoms with E-state index in [1.54, 1.807) is 0 Å². The molecule has 1 spiro atoms. The standard InChI is InChI=1S/C8H14N2O/c1-9-4-2-8(6-9)3-5-10(8)7-11/h7H,2-6H2,1H3. The van der Waals surface area contributed by atoms with Gasteiger partial charge in [0, 0.05) is 19.6 Å². The Labute approximate surface area is 67.0 Å². The summed E-state index contributed by atoms with van der Waals surface area (Å²) in [7, 11) is 2.12. The van der Waals surface area contributed by atoms with Crippen molar-refractivity contribution in [3.8, 4) is 0 Å². The highest BCUT2D eigenvalue weighted by molar-refractivity contribution is 5.51. The first kappa shape index (κ1) is 7.10. The van der Waals surface area contributed by atoms with Crippen LogP contribution in [0.25, 0.3) is 0 Å². The number of likely N-dealkylation sites (N-methyl/N-ethyl adjacent to an activating group) is 1. The zero-order chi connectivity index (χ0) is 7.90. The minimum absolute atomic E-state index is 0.247. The van der Waals surface area contributed by atoms with Crippen LogP contribution in [0.5, 0.6) is 0 Å². The molecule has 1 unspecified atom stereocenters. The number of amides is 1. The smallest absolute Gasteiger partial charge is 0.210 e. The Morgan fingerprint density at radius 2 is 2.09 bits per heavy atom. The van der Waals surface area contributed by atoms with Crippen molar-refractivity contribution in [2.24, 2.45) is 0 Å². The van der Waals surface area contributed by atoms with Crippen molar-refractivity contribution in [3.63, 3.8) is 0 Å². The number of carbonyl (C=O) groups is 1. The van der Waals surface area contributed by atoms with Gasteiger partial charge in [0.2, 0.25) is 6.41 Å².